The normalized spacial score (nSPS) is 10.5. The molecule has 116 valence electrons. The summed E-state index contributed by atoms with van der Waals surface area (Å²) in [5.74, 6) is 0. The highest BCUT2D eigenvalue weighted by Gasteiger charge is 2.05. The van der Waals surface area contributed by atoms with Gasteiger partial charge in [0, 0.05) is 29.7 Å². The number of fused-ring (bicyclic) bond motifs is 1. The van der Waals surface area contributed by atoms with Gasteiger partial charge in [0.05, 0.1) is 5.69 Å². The van der Waals surface area contributed by atoms with Gasteiger partial charge in [0.15, 0.2) is 0 Å². The van der Waals surface area contributed by atoms with E-state index in [2.05, 4.69) is 47.7 Å². The zero-order valence-corrected chi connectivity index (χ0v) is 13.3. The van der Waals surface area contributed by atoms with Crippen molar-refractivity contribution in [2.45, 2.75) is 20.4 Å². The first kappa shape index (κ1) is 15.0. The molecule has 0 bridgehead atoms. The summed E-state index contributed by atoms with van der Waals surface area (Å²) in [5.41, 5.74) is 4.27. The number of aromatic nitrogens is 1. The fourth-order valence-corrected chi connectivity index (χ4v) is 2.75. The first-order valence-corrected chi connectivity index (χ1v) is 7.56. The minimum Gasteiger partial charge on any atom is -0.334 e. The Labute approximate surface area is 135 Å². The Balaban J connectivity index is 1.69. The number of rotatable bonds is 3. The molecule has 0 radical (unpaired) electrons. The molecule has 4 nitrogen and oxygen atoms in total. The molecule has 0 aliphatic carbocycles. The number of anilines is 1. The number of nitrogens with zero attached hydrogens (tertiary/aromatic N) is 1. The van der Waals surface area contributed by atoms with Crippen LogP contribution < -0.4 is 10.6 Å². The van der Waals surface area contributed by atoms with Crippen molar-refractivity contribution in [2.24, 2.45) is 0 Å². The minimum absolute atomic E-state index is 0.214. The van der Waals surface area contributed by atoms with Crippen molar-refractivity contribution >= 4 is 22.5 Å². The lowest BCUT2D eigenvalue weighted by Gasteiger charge is -2.11. The van der Waals surface area contributed by atoms with Crippen molar-refractivity contribution in [2.75, 3.05) is 5.32 Å². The van der Waals surface area contributed by atoms with E-state index in [1.807, 2.05) is 24.3 Å². The maximum Gasteiger partial charge on any atom is 0.319 e. The summed E-state index contributed by atoms with van der Waals surface area (Å²) >= 11 is 0. The maximum atomic E-state index is 12.2. The van der Waals surface area contributed by atoms with Crippen molar-refractivity contribution in [3.05, 3.63) is 71.5 Å². The molecule has 1 heterocycles. The Kier molecular flexibility index (Phi) is 4.24. The molecule has 3 aromatic rings. The molecule has 4 heteroatoms. The van der Waals surface area contributed by atoms with Crippen LogP contribution in [0.1, 0.15) is 16.7 Å². The van der Waals surface area contributed by atoms with E-state index < -0.39 is 0 Å². The Morgan fingerprint density at radius 1 is 1.09 bits per heavy atom. The molecule has 0 atom stereocenters. The van der Waals surface area contributed by atoms with Crippen LogP contribution in [0.2, 0.25) is 0 Å². The molecule has 2 N–H and O–H groups in total. The summed E-state index contributed by atoms with van der Waals surface area (Å²) in [5, 5.41) is 7.78. The van der Waals surface area contributed by atoms with Gasteiger partial charge in [-0.05, 0) is 31.5 Å². The highest BCUT2D eigenvalue weighted by molar-refractivity contribution is 6.01. The largest absolute Gasteiger partial charge is 0.334 e. The van der Waals surface area contributed by atoms with Crippen LogP contribution in [-0.2, 0) is 6.54 Å². The smallest absolute Gasteiger partial charge is 0.319 e. The number of carbonyl (C=O) groups is 1. The number of nitrogens with one attached hydrogen (secondary N) is 2. The third-order valence-corrected chi connectivity index (χ3v) is 3.66. The first-order chi connectivity index (χ1) is 11.1. The highest BCUT2D eigenvalue weighted by atomic mass is 16.2. The molecule has 0 saturated carbocycles. The number of hydrogen-bond acceptors (Lipinski definition) is 2. The van der Waals surface area contributed by atoms with E-state index in [0.29, 0.717) is 6.54 Å². The summed E-state index contributed by atoms with van der Waals surface area (Å²) in [6, 6.07) is 13.7. The number of benzene rings is 2. The second-order valence-electron chi connectivity index (χ2n) is 5.71. The number of pyridine rings is 1. The van der Waals surface area contributed by atoms with Crippen molar-refractivity contribution < 1.29 is 4.79 Å². The standard InChI is InChI=1S/C19H19N3O/c1-13-8-14(2)10-15(9-13)11-21-19(23)22-18-5-3-4-16-12-20-7-6-17(16)18/h3-10,12H,11H2,1-2H3,(H2,21,22,23). The van der Waals surface area contributed by atoms with Gasteiger partial charge in [-0.2, -0.15) is 0 Å². The first-order valence-electron chi connectivity index (χ1n) is 7.56. The lowest BCUT2D eigenvalue weighted by molar-refractivity contribution is 0.252. The maximum absolute atomic E-state index is 12.2. The fourth-order valence-electron chi connectivity index (χ4n) is 2.75. The van der Waals surface area contributed by atoms with Gasteiger partial charge < -0.3 is 10.6 Å². The topological polar surface area (TPSA) is 54.0 Å². The molecule has 0 unspecified atom stereocenters. The summed E-state index contributed by atoms with van der Waals surface area (Å²) < 4.78 is 0. The Morgan fingerprint density at radius 2 is 1.87 bits per heavy atom. The van der Waals surface area contributed by atoms with Gasteiger partial charge >= 0.3 is 6.03 Å². The predicted molar refractivity (Wildman–Crippen MR) is 93.5 cm³/mol. The average Bonchev–Trinajstić information content (AvgIpc) is 2.52. The van der Waals surface area contributed by atoms with E-state index >= 15 is 0 Å². The van der Waals surface area contributed by atoms with Crippen LogP contribution in [-0.4, -0.2) is 11.0 Å². The Bertz CT molecular complexity index is 833. The molecular formula is C19H19N3O. The molecule has 2 aromatic carbocycles. The number of urea groups is 1. The SMILES string of the molecule is Cc1cc(C)cc(CNC(=O)Nc2cccc3cnccc23)c1. The molecule has 0 saturated heterocycles. The molecule has 0 aliphatic rings. The highest BCUT2D eigenvalue weighted by Crippen LogP contribution is 2.21. The fraction of sp³-hybridized carbons (Fsp3) is 0.158. The summed E-state index contributed by atoms with van der Waals surface area (Å²) in [6.45, 7) is 4.61. The van der Waals surface area contributed by atoms with Gasteiger partial charge in [0.1, 0.15) is 0 Å². The van der Waals surface area contributed by atoms with Crippen LogP contribution in [0.5, 0.6) is 0 Å². The van der Waals surface area contributed by atoms with E-state index in [1.54, 1.807) is 12.4 Å². The Morgan fingerprint density at radius 3 is 2.65 bits per heavy atom. The van der Waals surface area contributed by atoms with E-state index in [-0.39, 0.29) is 6.03 Å². The van der Waals surface area contributed by atoms with Crippen molar-refractivity contribution in [1.82, 2.24) is 10.3 Å². The number of hydrogen-bond donors (Lipinski definition) is 2. The van der Waals surface area contributed by atoms with Gasteiger partial charge in [0.25, 0.3) is 0 Å². The van der Waals surface area contributed by atoms with E-state index in [0.717, 1.165) is 22.0 Å². The van der Waals surface area contributed by atoms with E-state index in [4.69, 9.17) is 0 Å². The van der Waals surface area contributed by atoms with Crippen molar-refractivity contribution in [1.29, 1.82) is 0 Å². The minimum atomic E-state index is -0.214. The molecule has 0 fully saturated rings. The molecule has 0 spiro atoms. The lowest BCUT2D eigenvalue weighted by Crippen LogP contribution is -2.28. The number of amides is 2. The van der Waals surface area contributed by atoms with Gasteiger partial charge in [-0.25, -0.2) is 4.79 Å². The van der Waals surface area contributed by atoms with Gasteiger partial charge in [-0.1, -0.05) is 41.5 Å². The van der Waals surface area contributed by atoms with Crippen molar-refractivity contribution in [3.63, 3.8) is 0 Å². The quantitative estimate of drug-likeness (QED) is 0.763. The molecule has 23 heavy (non-hydrogen) atoms. The third kappa shape index (κ3) is 3.66. The van der Waals surface area contributed by atoms with Crippen LogP contribution in [0.25, 0.3) is 10.8 Å². The van der Waals surface area contributed by atoms with Gasteiger partial charge in [0.2, 0.25) is 0 Å². The molecular weight excluding hydrogens is 286 g/mol. The Hall–Kier alpha value is -2.88. The van der Waals surface area contributed by atoms with Gasteiger partial charge in [-0.3, -0.25) is 4.98 Å². The molecule has 3 rings (SSSR count). The number of aryl methyl sites for hydroxylation is 2. The molecule has 1 aromatic heterocycles. The third-order valence-electron chi connectivity index (χ3n) is 3.66. The molecule has 0 aliphatic heterocycles. The number of carbonyl (C=O) groups excluding carboxylic acids is 1. The van der Waals surface area contributed by atoms with Crippen LogP contribution in [0, 0.1) is 13.8 Å². The van der Waals surface area contributed by atoms with Crippen LogP contribution >= 0.6 is 0 Å². The summed E-state index contributed by atoms with van der Waals surface area (Å²) in [7, 11) is 0. The predicted octanol–water partition coefficient (Wildman–Crippen LogP) is 4.17. The van der Waals surface area contributed by atoms with Crippen LogP contribution in [0.4, 0.5) is 10.5 Å². The zero-order chi connectivity index (χ0) is 16.2. The van der Waals surface area contributed by atoms with Gasteiger partial charge in [-0.15, -0.1) is 0 Å². The zero-order valence-electron chi connectivity index (χ0n) is 13.3. The van der Waals surface area contributed by atoms with E-state index in [1.165, 1.54) is 11.1 Å². The second kappa shape index (κ2) is 6.48. The van der Waals surface area contributed by atoms with Crippen LogP contribution in [0.15, 0.2) is 54.9 Å². The average molecular weight is 305 g/mol. The van der Waals surface area contributed by atoms with Crippen LogP contribution in [0.3, 0.4) is 0 Å². The van der Waals surface area contributed by atoms with Crippen molar-refractivity contribution in [3.8, 4) is 0 Å². The second-order valence-corrected chi connectivity index (χ2v) is 5.71. The summed E-state index contributed by atoms with van der Waals surface area (Å²) in [6.07, 6.45) is 3.51. The lowest BCUT2D eigenvalue weighted by atomic mass is 10.1. The van der Waals surface area contributed by atoms with E-state index in [9.17, 15) is 4.79 Å². The monoisotopic (exact) mass is 305 g/mol. The summed E-state index contributed by atoms with van der Waals surface area (Å²) in [4.78, 5) is 16.3. The molecule has 2 amide bonds.